The van der Waals surface area contributed by atoms with Gasteiger partial charge in [0.15, 0.2) is 0 Å². The molecule has 0 aliphatic rings. The molecule has 4 rings (SSSR count). The van der Waals surface area contributed by atoms with Crippen LogP contribution in [0.4, 0.5) is 0 Å². The van der Waals surface area contributed by atoms with Gasteiger partial charge in [0, 0.05) is 21.8 Å². The summed E-state index contributed by atoms with van der Waals surface area (Å²) in [6.45, 7) is 0. The maximum Gasteiger partial charge on any atom is 0.488 e. The van der Waals surface area contributed by atoms with Crippen LogP contribution in [0.15, 0.2) is 54.6 Å². The highest BCUT2D eigenvalue weighted by Crippen LogP contribution is 2.31. The number of nitrogens with one attached hydrogen (secondary N) is 1. The third-order valence-corrected chi connectivity index (χ3v) is 3.81. The Bertz CT molecular complexity index is 943. The molecule has 0 amide bonds. The number of fused-ring (bicyclic) bond motifs is 5. The van der Waals surface area contributed by atoms with E-state index in [1.54, 1.807) is 12.1 Å². The van der Waals surface area contributed by atoms with Gasteiger partial charge in [-0.25, -0.2) is 0 Å². The second-order valence-corrected chi connectivity index (χ2v) is 5.01. The fraction of sp³-hybridized carbons (Fsp3) is 0. The SMILES string of the molecule is OB(O)c1ccc2c(c1)[nH]c1ccc3ccccc3c12. The van der Waals surface area contributed by atoms with E-state index >= 15 is 0 Å². The molecule has 4 aromatic rings. The van der Waals surface area contributed by atoms with Crippen LogP contribution in [0.25, 0.3) is 32.6 Å². The summed E-state index contributed by atoms with van der Waals surface area (Å²) in [5.41, 5.74) is 2.47. The molecule has 20 heavy (non-hydrogen) atoms. The lowest BCUT2D eigenvalue weighted by Gasteiger charge is -2.01. The van der Waals surface area contributed by atoms with Crippen molar-refractivity contribution in [3.8, 4) is 0 Å². The molecule has 96 valence electrons. The minimum atomic E-state index is -1.44. The largest absolute Gasteiger partial charge is 0.488 e. The van der Waals surface area contributed by atoms with Gasteiger partial charge in [-0.1, -0.05) is 42.5 Å². The first kappa shape index (κ1) is 11.5. The monoisotopic (exact) mass is 261 g/mol. The van der Waals surface area contributed by atoms with Gasteiger partial charge in [-0.2, -0.15) is 0 Å². The van der Waals surface area contributed by atoms with E-state index in [1.165, 1.54) is 16.2 Å². The maximum atomic E-state index is 9.27. The number of H-pyrrole nitrogens is 1. The molecule has 4 heteroatoms. The van der Waals surface area contributed by atoms with Gasteiger partial charge in [0.2, 0.25) is 0 Å². The molecule has 0 bridgehead atoms. The van der Waals surface area contributed by atoms with Crippen LogP contribution in [0.1, 0.15) is 0 Å². The van der Waals surface area contributed by atoms with E-state index in [-0.39, 0.29) is 0 Å². The summed E-state index contributed by atoms with van der Waals surface area (Å²) in [7, 11) is -1.44. The first-order valence-corrected chi connectivity index (χ1v) is 6.53. The third kappa shape index (κ3) is 1.56. The predicted octanol–water partition coefficient (Wildman–Crippen LogP) is 2.15. The highest BCUT2D eigenvalue weighted by atomic mass is 16.4. The van der Waals surface area contributed by atoms with E-state index in [9.17, 15) is 10.0 Å². The second-order valence-electron chi connectivity index (χ2n) is 5.01. The summed E-state index contributed by atoms with van der Waals surface area (Å²) >= 11 is 0. The van der Waals surface area contributed by atoms with Gasteiger partial charge in [0.1, 0.15) is 0 Å². The summed E-state index contributed by atoms with van der Waals surface area (Å²) in [4.78, 5) is 3.34. The lowest BCUT2D eigenvalue weighted by atomic mass is 9.80. The quantitative estimate of drug-likeness (QED) is 0.460. The summed E-state index contributed by atoms with van der Waals surface area (Å²) < 4.78 is 0. The molecule has 0 spiro atoms. The Labute approximate surface area is 115 Å². The van der Waals surface area contributed by atoms with Crippen molar-refractivity contribution >= 4 is 45.2 Å². The van der Waals surface area contributed by atoms with Crippen molar-refractivity contribution in [1.82, 2.24) is 4.98 Å². The molecule has 0 atom stereocenters. The van der Waals surface area contributed by atoms with Crippen molar-refractivity contribution in [1.29, 1.82) is 0 Å². The minimum Gasteiger partial charge on any atom is -0.423 e. The molecular weight excluding hydrogens is 249 g/mol. The lowest BCUT2D eigenvalue weighted by molar-refractivity contribution is 0.426. The van der Waals surface area contributed by atoms with E-state index in [0.717, 1.165) is 16.4 Å². The standard InChI is InChI=1S/C16H12BNO2/c19-17(20)11-6-7-13-15(9-11)18-14-8-5-10-3-1-2-4-12(10)16(13)14/h1-9,18-20H. The third-order valence-electron chi connectivity index (χ3n) is 3.81. The van der Waals surface area contributed by atoms with Crippen LogP contribution in [0, 0.1) is 0 Å². The van der Waals surface area contributed by atoms with Crippen molar-refractivity contribution in [2.75, 3.05) is 0 Å². The van der Waals surface area contributed by atoms with Gasteiger partial charge in [0.25, 0.3) is 0 Å². The first-order chi connectivity index (χ1) is 9.74. The topological polar surface area (TPSA) is 56.2 Å². The van der Waals surface area contributed by atoms with Crippen molar-refractivity contribution in [3.05, 3.63) is 54.6 Å². The Morgan fingerprint density at radius 1 is 0.800 bits per heavy atom. The van der Waals surface area contributed by atoms with Gasteiger partial charge in [-0.3, -0.25) is 0 Å². The molecule has 0 fully saturated rings. The van der Waals surface area contributed by atoms with Crippen molar-refractivity contribution in [2.45, 2.75) is 0 Å². The average Bonchev–Trinajstić information content (AvgIpc) is 2.85. The van der Waals surface area contributed by atoms with Crippen molar-refractivity contribution in [2.24, 2.45) is 0 Å². The van der Waals surface area contributed by atoms with Crippen LogP contribution >= 0.6 is 0 Å². The Hall–Kier alpha value is -2.30. The van der Waals surface area contributed by atoms with Gasteiger partial charge in [-0.15, -0.1) is 0 Å². The van der Waals surface area contributed by atoms with Crippen LogP contribution in [-0.2, 0) is 0 Å². The van der Waals surface area contributed by atoms with Crippen LogP contribution in [0.3, 0.4) is 0 Å². The zero-order chi connectivity index (χ0) is 13.7. The predicted molar refractivity (Wildman–Crippen MR) is 83.1 cm³/mol. The number of hydrogen-bond donors (Lipinski definition) is 3. The number of aromatic nitrogens is 1. The van der Waals surface area contributed by atoms with Gasteiger partial charge in [-0.05, 0) is 28.4 Å². The normalized spacial score (nSPS) is 11.5. The molecule has 3 N–H and O–H groups in total. The lowest BCUT2D eigenvalue weighted by Crippen LogP contribution is -2.29. The molecule has 0 unspecified atom stereocenters. The number of benzene rings is 3. The number of aromatic amines is 1. The Kier molecular flexibility index (Phi) is 2.36. The van der Waals surface area contributed by atoms with Crippen LogP contribution in [0.2, 0.25) is 0 Å². The van der Waals surface area contributed by atoms with E-state index in [4.69, 9.17) is 0 Å². The Morgan fingerprint density at radius 2 is 1.65 bits per heavy atom. The zero-order valence-electron chi connectivity index (χ0n) is 10.7. The molecule has 3 nitrogen and oxygen atoms in total. The van der Waals surface area contributed by atoms with Crippen LogP contribution in [-0.4, -0.2) is 22.2 Å². The second kappa shape index (κ2) is 4.10. The average molecular weight is 261 g/mol. The summed E-state index contributed by atoms with van der Waals surface area (Å²) in [6, 6.07) is 17.9. The van der Waals surface area contributed by atoms with Crippen LogP contribution in [0.5, 0.6) is 0 Å². The zero-order valence-corrected chi connectivity index (χ0v) is 10.7. The maximum absolute atomic E-state index is 9.27. The van der Waals surface area contributed by atoms with Gasteiger partial charge >= 0.3 is 7.12 Å². The number of hydrogen-bond acceptors (Lipinski definition) is 2. The summed E-state index contributed by atoms with van der Waals surface area (Å²) in [6.07, 6.45) is 0. The molecule has 1 aromatic heterocycles. The molecular formula is C16H12BNO2. The first-order valence-electron chi connectivity index (χ1n) is 6.53. The molecule has 1 heterocycles. The highest BCUT2D eigenvalue weighted by molar-refractivity contribution is 6.59. The summed E-state index contributed by atoms with van der Waals surface area (Å²) in [5, 5.41) is 23.2. The fourth-order valence-corrected chi connectivity index (χ4v) is 2.85. The van der Waals surface area contributed by atoms with E-state index in [1.807, 2.05) is 18.2 Å². The van der Waals surface area contributed by atoms with E-state index < -0.39 is 7.12 Å². The molecule has 3 aromatic carbocycles. The molecule has 0 aliphatic heterocycles. The van der Waals surface area contributed by atoms with E-state index in [0.29, 0.717) is 5.46 Å². The van der Waals surface area contributed by atoms with Crippen LogP contribution < -0.4 is 5.46 Å². The number of rotatable bonds is 1. The minimum absolute atomic E-state index is 0.494. The molecule has 0 radical (unpaired) electrons. The van der Waals surface area contributed by atoms with Crippen molar-refractivity contribution in [3.63, 3.8) is 0 Å². The van der Waals surface area contributed by atoms with Crippen molar-refractivity contribution < 1.29 is 10.0 Å². The molecule has 0 saturated carbocycles. The Balaban J connectivity index is 2.17. The fourth-order valence-electron chi connectivity index (χ4n) is 2.85. The molecule has 0 aliphatic carbocycles. The van der Waals surface area contributed by atoms with Gasteiger partial charge < -0.3 is 15.0 Å². The summed E-state index contributed by atoms with van der Waals surface area (Å²) in [5.74, 6) is 0. The smallest absolute Gasteiger partial charge is 0.423 e. The van der Waals surface area contributed by atoms with Gasteiger partial charge in [0.05, 0.1) is 0 Å². The van der Waals surface area contributed by atoms with E-state index in [2.05, 4.69) is 29.2 Å². The Morgan fingerprint density at radius 3 is 2.50 bits per heavy atom. The molecule has 0 saturated heterocycles. The highest BCUT2D eigenvalue weighted by Gasteiger charge is 2.13.